The molecular formula is C23H30N2O. The molecule has 2 aromatic carbocycles. The molecule has 3 nitrogen and oxygen atoms in total. The number of hydrogen-bond donors (Lipinski definition) is 1. The number of nitrogens with zero attached hydrogens (tertiary/aromatic N) is 1. The van der Waals surface area contributed by atoms with Gasteiger partial charge in [-0.2, -0.15) is 0 Å². The first-order valence-electron chi connectivity index (χ1n) is 9.73. The lowest BCUT2D eigenvalue weighted by atomic mass is 10.0. The van der Waals surface area contributed by atoms with Crippen LogP contribution in [-0.2, 0) is 24.3 Å². The van der Waals surface area contributed by atoms with Gasteiger partial charge in [0.2, 0.25) is 5.91 Å². The molecule has 1 aliphatic rings. The van der Waals surface area contributed by atoms with Crippen molar-refractivity contribution in [2.24, 2.45) is 0 Å². The zero-order valence-corrected chi connectivity index (χ0v) is 16.1. The Bertz CT molecular complexity index is 748. The predicted octanol–water partition coefficient (Wildman–Crippen LogP) is 4.15. The van der Waals surface area contributed by atoms with Crippen molar-refractivity contribution < 1.29 is 4.79 Å². The summed E-state index contributed by atoms with van der Waals surface area (Å²) in [5.74, 6) is 0.0835. The topological polar surface area (TPSA) is 32.3 Å². The zero-order valence-electron chi connectivity index (χ0n) is 16.1. The van der Waals surface area contributed by atoms with Gasteiger partial charge in [0.25, 0.3) is 0 Å². The summed E-state index contributed by atoms with van der Waals surface area (Å²) in [7, 11) is 0. The second kappa shape index (κ2) is 9.00. The Hall–Kier alpha value is -2.13. The number of carbonyl (C=O) groups is 1. The standard InChI is InChI=1S/C23H30N2O/c1-18-9-10-19(2)22(13-18)15-23(26)24-16-20-7-6-8-21(14-20)17-25-11-4-3-5-12-25/h6-10,13-14H,3-5,11-12,15-17H2,1-2H3,(H,24,26). The molecule has 138 valence electrons. The minimum atomic E-state index is 0.0835. The first kappa shape index (κ1) is 18.7. The smallest absolute Gasteiger partial charge is 0.224 e. The summed E-state index contributed by atoms with van der Waals surface area (Å²) in [6, 6.07) is 14.9. The van der Waals surface area contributed by atoms with Crippen LogP contribution in [0.15, 0.2) is 42.5 Å². The highest BCUT2D eigenvalue weighted by atomic mass is 16.1. The maximum Gasteiger partial charge on any atom is 0.224 e. The highest BCUT2D eigenvalue weighted by molar-refractivity contribution is 5.79. The van der Waals surface area contributed by atoms with Crippen LogP contribution in [0.4, 0.5) is 0 Å². The first-order chi connectivity index (χ1) is 12.6. The molecule has 1 aliphatic heterocycles. The fourth-order valence-electron chi connectivity index (χ4n) is 3.64. The Morgan fingerprint density at radius 1 is 1.00 bits per heavy atom. The maximum atomic E-state index is 12.3. The van der Waals surface area contributed by atoms with Gasteiger partial charge in [-0.1, -0.05) is 54.4 Å². The Labute approximate surface area is 157 Å². The first-order valence-corrected chi connectivity index (χ1v) is 9.73. The molecule has 0 aromatic heterocycles. The van der Waals surface area contributed by atoms with Gasteiger partial charge in [-0.05, 0) is 62.0 Å². The number of rotatable bonds is 6. The average molecular weight is 351 g/mol. The van der Waals surface area contributed by atoms with Crippen LogP contribution in [0.2, 0.25) is 0 Å². The van der Waals surface area contributed by atoms with Gasteiger partial charge >= 0.3 is 0 Å². The average Bonchev–Trinajstić information content (AvgIpc) is 2.64. The van der Waals surface area contributed by atoms with Crippen LogP contribution < -0.4 is 5.32 Å². The summed E-state index contributed by atoms with van der Waals surface area (Å²) in [5.41, 5.74) is 6.00. The Morgan fingerprint density at radius 3 is 2.58 bits per heavy atom. The summed E-state index contributed by atoms with van der Waals surface area (Å²) < 4.78 is 0. The molecule has 1 heterocycles. The molecule has 1 fully saturated rings. The predicted molar refractivity (Wildman–Crippen MR) is 107 cm³/mol. The molecule has 0 spiro atoms. The van der Waals surface area contributed by atoms with Crippen molar-refractivity contribution in [2.45, 2.75) is 52.6 Å². The van der Waals surface area contributed by atoms with Crippen LogP contribution in [0.25, 0.3) is 0 Å². The fraction of sp³-hybridized carbons (Fsp3) is 0.435. The molecule has 3 rings (SSSR count). The van der Waals surface area contributed by atoms with Crippen molar-refractivity contribution in [1.82, 2.24) is 10.2 Å². The van der Waals surface area contributed by atoms with E-state index < -0.39 is 0 Å². The summed E-state index contributed by atoms with van der Waals surface area (Å²) in [6.07, 6.45) is 4.44. The van der Waals surface area contributed by atoms with Crippen molar-refractivity contribution in [1.29, 1.82) is 0 Å². The van der Waals surface area contributed by atoms with Gasteiger partial charge in [-0.25, -0.2) is 0 Å². The third-order valence-electron chi connectivity index (χ3n) is 5.19. The van der Waals surface area contributed by atoms with Crippen LogP contribution in [0, 0.1) is 13.8 Å². The number of piperidine rings is 1. The van der Waals surface area contributed by atoms with E-state index >= 15 is 0 Å². The number of carbonyl (C=O) groups excluding carboxylic acids is 1. The summed E-state index contributed by atoms with van der Waals surface area (Å²) in [4.78, 5) is 14.9. The molecule has 26 heavy (non-hydrogen) atoms. The lowest BCUT2D eigenvalue weighted by Gasteiger charge is -2.26. The molecule has 0 radical (unpaired) electrons. The molecule has 1 amide bonds. The second-order valence-electron chi connectivity index (χ2n) is 7.54. The van der Waals surface area contributed by atoms with Crippen molar-refractivity contribution in [3.8, 4) is 0 Å². The van der Waals surface area contributed by atoms with Gasteiger partial charge in [0.1, 0.15) is 0 Å². The van der Waals surface area contributed by atoms with Crippen molar-refractivity contribution in [3.05, 3.63) is 70.3 Å². The van der Waals surface area contributed by atoms with Gasteiger partial charge in [0, 0.05) is 13.1 Å². The molecule has 2 aromatic rings. The summed E-state index contributed by atoms with van der Waals surface area (Å²) >= 11 is 0. The molecular weight excluding hydrogens is 320 g/mol. The largest absolute Gasteiger partial charge is 0.352 e. The molecule has 0 bridgehead atoms. The minimum Gasteiger partial charge on any atom is -0.352 e. The molecule has 0 saturated carbocycles. The number of likely N-dealkylation sites (tertiary alicyclic amines) is 1. The molecule has 3 heteroatoms. The lowest BCUT2D eigenvalue weighted by Crippen LogP contribution is -2.29. The van der Waals surface area contributed by atoms with Crippen LogP contribution in [0.5, 0.6) is 0 Å². The Morgan fingerprint density at radius 2 is 1.77 bits per heavy atom. The molecule has 1 saturated heterocycles. The van der Waals surface area contributed by atoms with E-state index in [1.807, 2.05) is 0 Å². The number of nitrogens with one attached hydrogen (secondary N) is 1. The van der Waals surface area contributed by atoms with Crippen molar-refractivity contribution in [3.63, 3.8) is 0 Å². The van der Waals surface area contributed by atoms with Crippen LogP contribution in [0.1, 0.15) is 47.1 Å². The second-order valence-corrected chi connectivity index (χ2v) is 7.54. The van der Waals surface area contributed by atoms with E-state index in [1.165, 1.54) is 54.6 Å². The monoisotopic (exact) mass is 350 g/mol. The van der Waals surface area contributed by atoms with Gasteiger partial charge < -0.3 is 5.32 Å². The number of aryl methyl sites for hydroxylation is 2. The van der Waals surface area contributed by atoms with Gasteiger partial charge in [0.05, 0.1) is 6.42 Å². The third kappa shape index (κ3) is 5.43. The molecule has 0 atom stereocenters. The van der Waals surface area contributed by atoms with E-state index in [0.29, 0.717) is 13.0 Å². The van der Waals surface area contributed by atoms with E-state index in [1.54, 1.807) is 0 Å². The maximum absolute atomic E-state index is 12.3. The number of amides is 1. The molecule has 0 unspecified atom stereocenters. The quantitative estimate of drug-likeness (QED) is 0.849. The third-order valence-corrected chi connectivity index (χ3v) is 5.19. The van der Waals surface area contributed by atoms with Crippen LogP contribution in [0.3, 0.4) is 0 Å². The van der Waals surface area contributed by atoms with Crippen LogP contribution >= 0.6 is 0 Å². The Balaban J connectivity index is 1.53. The molecule has 0 aliphatic carbocycles. The van der Waals surface area contributed by atoms with Gasteiger partial charge in [-0.3, -0.25) is 9.69 Å². The Kier molecular flexibility index (Phi) is 6.45. The van der Waals surface area contributed by atoms with E-state index in [0.717, 1.165) is 12.1 Å². The summed E-state index contributed by atoms with van der Waals surface area (Å²) in [5, 5.41) is 3.07. The zero-order chi connectivity index (χ0) is 18.4. The normalized spacial score (nSPS) is 15.0. The van der Waals surface area contributed by atoms with E-state index in [9.17, 15) is 4.79 Å². The highest BCUT2D eigenvalue weighted by Crippen LogP contribution is 2.14. The van der Waals surface area contributed by atoms with Crippen molar-refractivity contribution in [2.75, 3.05) is 13.1 Å². The van der Waals surface area contributed by atoms with E-state index in [-0.39, 0.29) is 5.91 Å². The van der Waals surface area contributed by atoms with Crippen LogP contribution in [-0.4, -0.2) is 23.9 Å². The van der Waals surface area contributed by atoms with E-state index in [4.69, 9.17) is 0 Å². The van der Waals surface area contributed by atoms with Gasteiger partial charge in [0.15, 0.2) is 0 Å². The highest BCUT2D eigenvalue weighted by Gasteiger charge is 2.11. The number of benzene rings is 2. The van der Waals surface area contributed by atoms with E-state index in [2.05, 4.69) is 66.5 Å². The lowest BCUT2D eigenvalue weighted by molar-refractivity contribution is -0.120. The van der Waals surface area contributed by atoms with Gasteiger partial charge in [-0.15, -0.1) is 0 Å². The number of hydrogen-bond acceptors (Lipinski definition) is 2. The SMILES string of the molecule is Cc1ccc(C)c(CC(=O)NCc2cccc(CN3CCCCC3)c2)c1. The fourth-order valence-corrected chi connectivity index (χ4v) is 3.64. The minimum absolute atomic E-state index is 0.0835. The summed E-state index contributed by atoms with van der Waals surface area (Å²) in [6.45, 7) is 8.15. The van der Waals surface area contributed by atoms with Crippen molar-refractivity contribution >= 4 is 5.91 Å². The molecule has 1 N–H and O–H groups in total.